The van der Waals surface area contributed by atoms with Crippen molar-refractivity contribution in [3.8, 4) is 0 Å². The fourth-order valence-electron chi connectivity index (χ4n) is 1.86. The zero-order valence-electron chi connectivity index (χ0n) is 11.2. The minimum atomic E-state index is 0.138. The number of nitrogens with two attached hydrogens (primary N) is 1. The van der Waals surface area contributed by atoms with Crippen LogP contribution in [0.5, 0.6) is 0 Å². The molecule has 1 rings (SSSR count). The number of likely N-dealkylation sites (N-methyl/N-ethyl adjacent to an activating group) is 1. The SMILES string of the molecule is CCN(CCOC)c1ccc(/C(N)=N/O)c(C)c1. The van der Waals surface area contributed by atoms with Gasteiger partial charge in [0.2, 0.25) is 0 Å². The van der Waals surface area contributed by atoms with Crippen molar-refractivity contribution in [2.45, 2.75) is 13.8 Å². The molecular weight excluding hydrogens is 230 g/mol. The Morgan fingerprint density at radius 2 is 2.22 bits per heavy atom. The molecule has 3 N–H and O–H groups in total. The number of anilines is 1. The van der Waals surface area contributed by atoms with Gasteiger partial charge in [0.05, 0.1) is 6.61 Å². The number of amidine groups is 1. The summed E-state index contributed by atoms with van der Waals surface area (Å²) in [7, 11) is 1.70. The van der Waals surface area contributed by atoms with Gasteiger partial charge in [-0.25, -0.2) is 0 Å². The van der Waals surface area contributed by atoms with E-state index in [1.54, 1.807) is 7.11 Å². The number of rotatable bonds is 6. The summed E-state index contributed by atoms with van der Waals surface area (Å²) >= 11 is 0. The lowest BCUT2D eigenvalue weighted by Gasteiger charge is -2.23. The number of hydrogen-bond donors (Lipinski definition) is 2. The number of methoxy groups -OCH3 is 1. The topological polar surface area (TPSA) is 71.1 Å². The second-order valence-electron chi connectivity index (χ2n) is 4.06. The first-order chi connectivity index (χ1) is 8.63. The highest BCUT2D eigenvalue weighted by Gasteiger charge is 2.08. The van der Waals surface area contributed by atoms with Crippen molar-refractivity contribution in [2.24, 2.45) is 10.9 Å². The zero-order chi connectivity index (χ0) is 13.5. The molecule has 0 atom stereocenters. The van der Waals surface area contributed by atoms with Crippen LogP contribution in [-0.4, -0.2) is 37.8 Å². The fourth-order valence-corrected chi connectivity index (χ4v) is 1.86. The van der Waals surface area contributed by atoms with Crippen LogP contribution >= 0.6 is 0 Å². The molecule has 0 radical (unpaired) electrons. The van der Waals surface area contributed by atoms with Gasteiger partial charge in [-0.2, -0.15) is 0 Å². The Kier molecular flexibility index (Phi) is 5.45. The largest absolute Gasteiger partial charge is 0.409 e. The number of aryl methyl sites for hydroxylation is 1. The summed E-state index contributed by atoms with van der Waals surface area (Å²) in [5.74, 6) is 0.138. The molecule has 0 aliphatic heterocycles. The molecule has 0 saturated carbocycles. The number of hydrogen-bond acceptors (Lipinski definition) is 4. The third-order valence-electron chi connectivity index (χ3n) is 2.91. The second-order valence-corrected chi connectivity index (χ2v) is 4.06. The summed E-state index contributed by atoms with van der Waals surface area (Å²) in [6.45, 7) is 6.49. The van der Waals surface area contributed by atoms with E-state index >= 15 is 0 Å². The molecule has 5 nitrogen and oxygen atoms in total. The maximum atomic E-state index is 8.69. The highest BCUT2D eigenvalue weighted by atomic mass is 16.5. The first kappa shape index (κ1) is 14.3. The number of benzene rings is 1. The lowest BCUT2D eigenvalue weighted by molar-refractivity contribution is 0.205. The van der Waals surface area contributed by atoms with Crippen LogP contribution in [0.3, 0.4) is 0 Å². The Hall–Kier alpha value is -1.75. The third kappa shape index (κ3) is 3.37. The molecular formula is C13H21N3O2. The normalized spacial score (nSPS) is 11.6. The maximum absolute atomic E-state index is 8.69. The second kappa shape index (κ2) is 6.86. The fraction of sp³-hybridized carbons (Fsp3) is 0.462. The van der Waals surface area contributed by atoms with Gasteiger partial charge >= 0.3 is 0 Å². The number of oxime groups is 1. The highest BCUT2D eigenvalue weighted by molar-refractivity contribution is 5.98. The van der Waals surface area contributed by atoms with Crippen LogP contribution in [0, 0.1) is 6.92 Å². The molecule has 0 aromatic heterocycles. The van der Waals surface area contributed by atoms with Gasteiger partial charge in [0.25, 0.3) is 0 Å². The Balaban J connectivity index is 2.95. The molecule has 5 heteroatoms. The summed E-state index contributed by atoms with van der Waals surface area (Å²) < 4.78 is 5.09. The zero-order valence-corrected chi connectivity index (χ0v) is 11.2. The molecule has 0 amide bonds. The van der Waals surface area contributed by atoms with Crippen LogP contribution in [0.25, 0.3) is 0 Å². The molecule has 1 aromatic carbocycles. The van der Waals surface area contributed by atoms with E-state index in [-0.39, 0.29) is 5.84 Å². The van der Waals surface area contributed by atoms with Crippen molar-refractivity contribution in [3.63, 3.8) is 0 Å². The Morgan fingerprint density at radius 3 is 2.72 bits per heavy atom. The quantitative estimate of drug-likeness (QED) is 0.348. The number of ether oxygens (including phenoxy) is 1. The van der Waals surface area contributed by atoms with Crippen LogP contribution in [0.1, 0.15) is 18.1 Å². The highest BCUT2D eigenvalue weighted by Crippen LogP contribution is 2.19. The smallest absolute Gasteiger partial charge is 0.170 e. The summed E-state index contributed by atoms with van der Waals surface area (Å²) in [4.78, 5) is 2.21. The lowest BCUT2D eigenvalue weighted by atomic mass is 10.1. The third-order valence-corrected chi connectivity index (χ3v) is 2.91. The van der Waals surface area contributed by atoms with E-state index in [4.69, 9.17) is 15.7 Å². The van der Waals surface area contributed by atoms with Crippen molar-refractivity contribution >= 4 is 11.5 Å². The van der Waals surface area contributed by atoms with Gasteiger partial charge in [0.15, 0.2) is 5.84 Å². The van der Waals surface area contributed by atoms with Crippen LogP contribution in [0.4, 0.5) is 5.69 Å². The van der Waals surface area contributed by atoms with Gasteiger partial charge in [0, 0.05) is 31.5 Å². The summed E-state index contributed by atoms with van der Waals surface area (Å²) in [6, 6.07) is 5.88. The molecule has 1 aromatic rings. The van der Waals surface area contributed by atoms with Crippen molar-refractivity contribution in [1.82, 2.24) is 0 Å². The maximum Gasteiger partial charge on any atom is 0.170 e. The Morgan fingerprint density at radius 1 is 1.50 bits per heavy atom. The molecule has 0 heterocycles. The van der Waals surface area contributed by atoms with Crippen molar-refractivity contribution in [1.29, 1.82) is 0 Å². The summed E-state index contributed by atoms with van der Waals surface area (Å²) in [5, 5.41) is 11.7. The summed E-state index contributed by atoms with van der Waals surface area (Å²) in [6.07, 6.45) is 0. The molecule has 100 valence electrons. The predicted molar refractivity (Wildman–Crippen MR) is 73.5 cm³/mol. The van der Waals surface area contributed by atoms with E-state index < -0.39 is 0 Å². The van der Waals surface area contributed by atoms with Gasteiger partial charge in [-0.05, 0) is 37.6 Å². The standard InChI is InChI=1S/C13H21N3O2/c1-4-16(7-8-18-3)11-5-6-12(10(2)9-11)13(14)15-17/h5-6,9,17H,4,7-8H2,1-3H3,(H2,14,15). The van der Waals surface area contributed by atoms with Gasteiger partial charge in [0.1, 0.15) is 0 Å². The van der Waals surface area contributed by atoms with E-state index in [2.05, 4.69) is 17.0 Å². The Bertz CT molecular complexity index is 419. The molecule has 0 spiro atoms. The van der Waals surface area contributed by atoms with Crippen LogP contribution in [-0.2, 0) is 4.74 Å². The van der Waals surface area contributed by atoms with E-state index in [1.807, 2.05) is 25.1 Å². The lowest BCUT2D eigenvalue weighted by Crippen LogP contribution is -2.27. The molecule has 0 bridgehead atoms. The van der Waals surface area contributed by atoms with Gasteiger partial charge in [-0.3, -0.25) is 0 Å². The summed E-state index contributed by atoms with van der Waals surface area (Å²) in [5.41, 5.74) is 8.45. The van der Waals surface area contributed by atoms with E-state index in [9.17, 15) is 0 Å². The van der Waals surface area contributed by atoms with Crippen LogP contribution in [0.2, 0.25) is 0 Å². The van der Waals surface area contributed by atoms with E-state index in [1.165, 1.54) is 0 Å². The van der Waals surface area contributed by atoms with E-state index in [0.717, 1.165) is 29.9 Å². The van der Waals surface area contributed by atoms with Crippen molar-refractivity contribution < 1.29 is 9.94 Å². The van der Waals surface area contributed by atoms with Crippen molar-refractivity contribution in [3.05, 3.63) is 29.3 Å². The van der Waals surface area contributed by atoms with Gasteiger partial charge in [-0.1, -0.05) is 5.16 Å². The van der Waals surface area contributed by atoms with Gasteiger partial charge in [-0.15, -0.1) is 0 Å². The minimum absolute atomic E-state index is 0.138. The molecule has 0 aliphatic carbocycles. The number of nitrogens with zero attached hydrogens (tertiary/aromatic N) is 2. The van der Waals surface area contributed by atoms with Crippen LogP contribution in [0.15, 0.2) is 23.4 Å². The predicted octanol–water partition coefficient (Wildman–Crippen LogP) is 1.56. The van der Waals surface area contributed by atoms with Crippen LogP contribution < -0.4 is 10.6 Å². The Labute approximate surface area is 108 Å². The molecule has 0 aliphatic rings. The average molecular weight is 251 g/mol. The minimum Gasteiger partial charge on any atom is -0.409 e. The van der Waals surface area contributed by atoms with Gasteiger partial charge < -0.3 is 20.6 Å². The monoisotopic (exact) mass is 251 g/mol. The molecule has 0 saturated heterocycles. The van der Waals surface area contributed by atoms with Crippen molar-refractivity contribution in [2.75, 3.05) is 31.7 Å². The molecule has 18 heavy (non-hydrogen) atoms. The first-order valence-corrected chi connectivity index (χ1v) is 5.96. The molecule has 0 fully saturated rings. The molecule has 0 unspecified atom stereocenters. The average Bonchev–Trinajstić information content (AvgIpc) is 2.39. The first-order valence-electron chi connectivity index (χ1n) is 5.96. The van der Waals surface area contributed by atoms with E-state index in [0.29, 0.717) is 6.61 Å².